The summed E-state index contributed by atoms with van der Waals surface area (Å²) in [7, 11) is -3.96. The topological polar surface area (TPSA) is 95.5 Å². The first kappa shape index (κ1) is 21.6. The molecule has 31 heavy (non-hydrogen) atoms. The Morgan fingerprint density at radius 1 is 1.00 bits per heavy atom. The summed E-state index contributed by atoms with van der Waals surface area (Å²) in [6, 6.07) is 8.44. The first-order valence-electron chi connectivity index (χ1n) is 10.6. The fraction of sp³-hybridized carbons (Fsp3) is 0.375. The van der Waals surface area contributed by atoms with E-state index >= 15 is 0 Å². The third-order valence-electron chi connectivity index (χ3n) is 6.00. The molecule has 2 amide bonds. The molecule has 0 saturated carbocycles. The zero-order valence-electron chi connectivity index (χ0n) is 17.9. The number of fused-ring (bicyclic) bond motifs is 2. The Hall–Kier alpha value is -2.64. The highest BCUT2D eigenvalue weighted by molar-refractivity contribution is 7.93. The molecule has 7 heteroatoms. The predicted molar refractivity (Wildman–Crippen MR) is 122 cm³/mol. The minimum Gasteiger partial charge on any atom is -0.386 e. The van der Waals surface area contributed by atoms with Gasteiger partial charge in [0.25, 0.3) is 10.0 Å². The number of aryl methyl sites for hydroxylation is 2. The Morgan fingerprint density at radius 3 is 2.13 bits per heavy atom. The Bertz CT molecular complexity index is 1110. The van der Waals surface area contributed by atoms with Gasteiger partial charge in [-0.2, -0.15) is 0 Å². The van der Waals surface area contributed by atoms with E-state index in [1.165, 1.54) is 17.2 Å². The van der Waals surface area contributed by atoms with E-state index in [4.69, 9.17) is 0 Å². The minimum atomic E-state index is -3.96. The molecule has 0 spiro atoms. The van der Waals surface area contributed by atoms with E-state index in [0.717, 1.165) is 66.3 Å². The predicted octanol–water partition coefficient (Wildman–Crippen LogP) is 4.01. The number of nitrogens with one attached hydrogen (secondary N) is 2. The van der Waals surface area contributed by atoms with Gasteiger partial charge in [-0.3, -0.25) is 0 Å². The van der Waals surface area contributed by atoms with Gasteiger partial charge in [0.15, 0.2) is 0 Å². The molecule has 0 aliphatic heterocycles. The normalized spacial score (nSPS) is 15.7. The number of anilines is 1. The molecule has 2 aromatic carbocycles. The molecule has 0 fully saturated rings. The summed E-state index contributed by atoms with van der Waals surface area (Å²) in [5, 5.41) is 13.8. The Balaban J connectivity index is 1.46. The van der Waals surface area contributed by atoms with Gasteiger partial charge < -0.3 is 10.4 Å². The van der Waals surface area contributed by atoms with E-state index in [2.05, 4.69) is 16.1 Å². The quantitative estimate of drug-likeness (QED) is 0.655. The molecule has 0 atom stereocenters. The third-order valence-corrected chi connectivity index (χ3v) is 6.97. The first-order chi connectivity index (χ1) is 14.6. The maximum atomic E-state index is 12.5. The summed E-state index contributed by atoms with van der Waals surface area (Å²) in [5.74, 6) is 0. The van der Waals surface area contributed by atoms with Gasteiger partial charge in [0.05, 0.1) is 11.0 Å². The van der Waals surface area contributed by atoms with E-state index in [1.807, 2.05) is 0 Å². The fourth-order valence-corrected chi connectivity index (χ4v) is 5.15. The lowest BCUT2D eigenvalue weighted by Gasteiger charge is -2.17. The number of rotatable bonds is 5. The van der Waals surface area contributed by atoms with Gasteiger partial charge in [-0.05, 0) is 91.8 Å². The van der Waals surface area contributed by atoms with Crippen molar-refractivity contribution < 1.29 is 18.3 Å². The third kappa shape index (κ3) is 4.83. The Morgan fingerprint density at radius 2 is 1.58 bits per heavy atom. The fourth-order valence-electron chi connectivity index (χ4n) is 4.44. The molecule has 2 aliphatic rings. The van der Waals surface area contributed by atoms with Crippen LogP contribution in [0.2, 0.25) is 0 Å². The highest BCUT2D eigenvalue weighted by atomic mass is 32.2. The number of hydrogen-bond donors (Lipinski definition) is 3. The summed E-state index contributed by atoms with van der Waals surface area (Å²) >= 11 is 0. The molecule has 2 aliphatic carbocycles. The van der Waals surface area contributed by atoms with Crippen LogP contribution >= 0.6 is 0 Å². The van der Waals surface area contributed by atoms with Crippen LogP contribution in [0.25, 0.3) is 6.08 Å². The largest absolute Gasteiger partial charge is 0.386 e. The summed E-state index contributed by atoms with van der Waals surface area (Å²) in [6.07, 6.45) is 7.36. The van der Waals surface area contributed by atoms with Gasteiger partial charge in [-0.15, -0.1) is 0 Å². The zero-order valence-corrected chi connectivity index (χ0v) is 18.7. The number of carbonyl (C=O) groups excluding carboxylic acids is 1. The summed E-state index contributed by atoms with van der Waals surface area (Å²) in [5.41, 5.74) is 6.06. The van der Waals surface area contributed by atoms with Gasteiger partial charge >= 0.3 is 6.03 Å². The van der Waals surface area contributed by atoms with E-state index in [1.54, 1.807) is 38.1 Å². The molecule has 0 saturated heterocycles. The van der Waals surface area contributed by atoms with Crippen molar-refractivity contribution in [1.29, 1.82) is 0 Å². The second kappa shape index (κ2) is 8.13. The number of amides is 2. The van der Waals surface area contributed by atoms with Crippen LogP contribution in [-0.2, 0) is 41.3 Å². The van der Waals surface area contributed by atoms with Crippen LogP contribution in [-0.4, -0.2) is 19.6 Å². The van der Waals surface area contributed by atoms with Crippen molar-refractivity contribution in [2.24, 2.45) is 0 Å². The molecule has 0 unspecified atom stereocenters. The average Bonchev–Trinajstić information content (AvgIpc) is 3.34. The van der Waals surface area contributed by atoms with Gasteiger partial charge in [-0.1, -0.05) is 30.3 Å². The lowest BCUT2D eigenvalue weighted by Crippen LogP contribution is -2.33. The Kier molecular flexibility index (Phi) is 5.66. The van der Waals surface area contributed by atoms with Crippen molar-refractivity contribution in [3.05, 3.63) is 69.1 Å². The number of sulfonamides is 1. The molecule has 0 radical (unpaired) electrons. The van der Waals surface area contributed by atoms with Crippen molar-refractivity contribution >= 4 is 27.8 Å². The van der Waals surface area contributed by atoms with Crippen molar-refractivity contribution in [2.45, 2.75) is 58.0 Å². The van der Waals surface area contributed by atoms with Crippen molar-refractivity contribution in [3.63, 3.8) is 0 Å². The van der Waals surface area contributed by atoms with E-state index in [0.29, 0.717) is 5.56 Å². The molecular weight excluding hydrogens is 412 g/mol. The van der Waals surface area contributed by atoms with Gasteiger partial charge in [0.2, 0.25) is 0 Å². The SMILES string of the molecule is CC(C)(O)c1ccc(/C=C/S(=O)(=O)NC(=O)Nc2c3c(cc4c2CCC4)CCC3)cc1. The molecule has 6 nitrogen and oxygen atoms in total. The second-order valence-corrected chi connectivity index (χ2v) is 10.4. The standard InChI is InChI=1S/C24H28N2O4S/c1-24(2,28)19-11-9-16(10-12-19)13-14-31(29,30)26-23(27)25-22-20-7-3-5-17(20)15-18-6-4-8-21(18)22/h9-15,28H,3-8H2,1-2H3,(H2,25,26,27)/b14-13+. The summed E-state index contributed by atoms with van der Waals surface area (Å²) in [4.78, 5) is 12.5. The smallest absolute Gasteiger partial charge is 0.333 e. The van der Waals surface area contributed by atoms with Crippen molar-refractivity contribution in [1.82, 2.24) is 4.72 Å². The van der Waals surface area contributed by atoms with E-state index in [-0.39, 0.29) is 0 Å². The maximum Gasteiger partial charge on any atom is 0.333 e. The summed E-state index contributed by atoms with van der Waals surface area (Å²) < 4.78 is 26.9. The van der Waals surface area contributed by atoms with Gasteiger partial charge in [-0.25, -0.2) is 17.9 Å². The molecular formula is C24H28N2O4S. The van der Waals surface area contributed by atoms with Crippen LogP contribution in [0.1, 0.15) is 60.1 Å². The van der Waals surface area contributed by atoms with Gasteiger partial charge in [0.1, 0.15) is 0 Å². The number of urea groups is 1. The highest BCUT2D eigenvalue weighted by Gasteiger charge is 2.25. The number of carbonyl (C=O) groups is 1. The molecule has 4 rings (SSSR count). The highest BCUT2D eigenvalue weighted by Crippen LogP contribution is 2.38. The monoisotopic (exact) mass is 440 g/mol. The lowest BCUT2D eigenvalue weighted by atomic mass is 9.97. The van der Waals surface area contributed by atoms with E-state index < -0.39 is 21.7 Å². The minimum absolute atomic E-state index is 0.650. The molecule has 164 valence electrons. The van der Waals surface area contributed by atoms with Crippen LogP contribution in [0.5, 0.6) is 0 Å². The molecule has 0 aromatic heterocycles. The molecule has 3 N–H and O–H groups in total. The number of aliphatic hydroxyl groups is 1. The zero-order chi connectivity index (χ0) is 22.2. The van der Waals surface area contributed by atoms with Crippen LogP contribution in [0.3, 0.4) is 0 Å². The number of hydrogen-bond acceptors (Lipinski definition) is 4. The molecule has 0 heterocycles. The van der Waals surface area contributed by atoms with Crippen LogP contribution < -0.4 is 10.0 Å². The second-order valence-electron chi connectivity index (χ2n) is 8.82. The maximum absolute atomic E-state index is 12.5. The van der Waals surface area contributed by atoms with Crippen molar-refractivity contribution in [2.75, 3.05) is 5.32 Å². The Labute approximate surface area is 183 Å². The first-order valence-corrected chi connectivity index (χ1v) is 12.2. The van der Waals surface area contributed by atoms with Crippen LogP contribution in [0.15, 0.2) is 35.7 Å². The van der Waals surface area contributed by atoms with Gasteiger partial charge in [0, 0.05) is 5.69 Å². The summed E-state index contributed by atoms with van der Waals surface area (Å²) in [6.45, 7) is 3.37. The van der Waals surface area contributed by atoms with Crippen molar-refractivity contribution in [3.8, 4) is 0 Å². The molecule has 0 bridgehead atoms. The molecule has 2 aromatic rings. The van der Waals surface area contributed by atoms with Crippen LogP contribution in [0, 0.1) is 0 Å². The van der Waals surface area contributed by atoms with E-state index in [9.17, 15) is 18.3 Å². The lowest BCUT2D eigenvalue weighted by molar-refractivity contribution is 0.0786. The number of benzene rings is 2. The van der Waals surface area contributed by atoms with Crippen LogP contribution in [0.4, 0.5) is 10.5 Å². The average molecular weight is 441 g/mol.